The van der Waals surface area contributed by atoms with Crippen molar-refractivity contribution in [2.75, 3.05) is 17.5 Å². The molecule has 1 aliphatic heterocycles. The lowest BCUT2D eigenvalue weighted by Crippen LogP contribution is -2.51. The number of hydrogen-bond donors (Lipinski definition) is 0. The molecule has 2 aliphatic carbocycles. The van der Waals surface area contributed by atoms with Crippen LogP contribution in [0.1, 0.15) is 36.0 Å². The van der Waals surface area contributed by atoms with Crippen molar-refractivity contribution in [3.8, 4) is 6.07 Å². The van der Waals surface area contributed by atoms with Gasteiger partial charge in [0.05, 0.1) is 36.1 Å². The van der Waals surface area contributed by atoms with E-state index in [9.17, 15) is 21.6 Å². The smallest absolute Gasteiger partial charge is 0.375 e. The predicted octanol–water partition coefficient (Wildman–Crippen LogP) is 4.73. The van der Waals surface area contributed by atoms with Gasteiger partial charge in [-0.2, -0.15) is 18.4 Å². The van der Waals surface area contributed by atoms with Crippen LogP contribution in [0.25, 0.3) is 0 Å². The number of benzene rings is 2. The third-order valence-electron chi connectivity index (χ3n) is 7.65. The van der Waals surface area contributed by atoms with Gasteiger partial charge >= 0.3 is 6.18 Å². The van der Waals surface area contributed by atoms with Crippen LogP contribution >= 0.6 is 0 Å². The number of ether oxygens (including phenoxy) is 1. The second-order valence-electron chi connectivity index (χ2n) is 9.19. The van der Waals surface area contributed by atoms with Crippen LogP contribution in [0.15, 0.2) is 48.5 Å². The zero-order valence-corrected chi connectivity index (χ0v) is 18.6. The Morgan fingerprint density at radius 2 is 1.91 bits per heavy atom. The number of alkyl halides is 3. The molecule has 1 saturated heterocycles. The van der Waals surface area contributed by atoms with E-state index < -0.39 is 32.1 Å². The predicted molar refractivity (Wildman–Crippen MR) is 116 cm³/mol. The number of hydrogen-bond acceptors (Lipinski definition) is 4. The molecule has 3 fully saturated rings. The van der Waals surface area contributed by atoms with Gasteiger partial charge in [0.15, 0.2) is 0 Å². The maximum absolute atomic E-state index is 13.9. The molecular formula is C24H23F3N2O3S. The molecule has 2 aromatic carbocycles. The first-order valence-electron chi connectivity index (χ1n) is 10.9. The highest BCUT2D eigenvalue weighted by Crippen LogP contribution is 2.62. The van der Waals surface area contributed by atoms with Crippen molar-refractivity contribution in [3.63, 3.8) is 0 Å². The van der Waals surface area contributed by atoms with Crippen molar-refractivity contribution >= 4 is 15.7 Å². The molecule has 2 saturated carbocycles. The zero-order chi connectivity index (χ0) is 23.4. The van der Waals surface area contributed by atoms with Crippen LogP contribution < -0.4 is 4.31 Å². The first kappa shape index (κ1) is 22.2. The van der Waals surface area contributed by atoms with E-state index in [4.69, 9.17) is 10.00 Å². The average molecular weight is 477 g/mol. The second kappa shape index (κ2) is 7.74. The molecule has 5 nitrogen and oxygen atoms in total. The third-order valence-corrected chi connectivity index (χ3v) is 10.3. The summed E-state index contributed by atoms with van der Waals surface area (Å²) in [5, 5.41) is 9.08. The first-order valence-corrected chi connectivity index (χ1v) is 12.4. The van der Waals surface area contributed by atoms with Crippen molar-refractivity contribution in [1.29, 1.82) is 5.26 Å². The van der Waals surface area contributed by atoms with E-state index in [1.807, 2.05) is 30.3 Å². The Hall–Kier alpha value is -2.57. The molecule has 2 aromatic rings. The highest BCUT2D eigenvalue weighted by atomic mass is 32.2. The Morgan fingerprint density at radius 3 is 2.61 bits per heavy atom. The molecule has 1 heterocycles. The van der Waals surface area contributed by atoms with Gasteiger partial charge in [0, 0.05) is 12.5 Å². The maximum Gasteiger partial charge on any atom is 0.417 e. The van der Waals surface area contributed by atoms with Crippen LogP contribution in [0, 0.1) is 29.1 Å². The molecular weight excluding hydrogens is 453 g/mol. The van der Waals surface area contributed by atoms with E-state index >= 15 is 0 Å². The molecule has 3 aliphatic rings. The summed E-state index contributed by atoms with van der Waals surface area (Å²) in [6, 6.07) is 14.1. The highest BCUT2D eigenvalue weighted by molar-refractivity contribution is 7.94. The van der Waals surface area contributed by atoms with Gasteiger partial charge in [0.1, 0.15) is 4.75 Å². The molecule has 0 N–H and O–H groups in total. The number of nitriles is 1. The molecule has 0 unspecified atom stereocenters. The molecule has 4 atom stereocenters. The van der Waals surface area contributed by atoms with Crippen LogP contribution in [0.4, 0.5) is 18.9 Å². The van der Waals surface area contributed by atoms with Crippen LogP contribution in [-0.2, 0) is 27.5 Å². The Bertz CT molecular complexity index is 1210. The minimum Gasteiger partial charge on any atom is -0.375 e. The minimum atomic E-state index is -4.75. The minimum absolute atomic E-state index is 0.0228. The summed E-state index contributed by atoms with van der Waals surface area (Å²) >= 11 is 0. The number of nitrogens with zero attached hydrogens (tertiary/aromatic N) is 2. The summed E-state index contributed by atoms with van der Waals surface area (Å²) < 4.78 is 74.4. The van der Waals surface area contributed by atoms with Crippen molar-refractivity contribution in [2.45, 2.75) is 36.8 Å². The second-order valence-corrected chi connectivity index (χ2v) is 11.3. The molecule has 0 aromatic heterocycles. The quantitative estimate of drug-likeness (QED) is 0.626. The Labute approximate surface area is 190 Å². The molecule has 2 bridgehead atoms. The lowest BCUT2D eigenvalue weighted by atomic mass is 9.79. The summed E-state index contributed by atoms with van der Waals surface area (Å²) in [4.78, 5) is 0. The standard InChI is InChI=1S/C24H23F3N2O3S/c25-24(26,27)21-11-20(9-7-18(21)12-28)29-13-22-17-6-8-19(10-17)23(22,33(29,30)31)15-32-14-16-4-2-1-3-5-16/h1-5,7,9,11,17,19,22H,6,8,10,13-15H2/t17-,19+,22+,23-/m1/s1. The number of anilines is 1. The largest absolute Gasteiger partial charge is 0.417 e. The Balaban J connectivity index is 1.50. The van der Waals surface area contributed by atoms with Crippen LogP contribution in [0.3, 0.4) is 0 Å². The van der Waals surface area contributed by atoms with Gasteiger partial charge in [-0.05, 0) is 54.9 Å². The van der Waals surface area contributed by atoms with Gasteiger partial charge in [0.2, 0.25) is 10.0 Å². The molecule has 9 heteroatoms. The zero-order valence-electron chi connectivity index (χ0n) is 17.8. The molecule has 174 valence electrons. The van der Waals surface area contributed by atoms with E-state index in [0.29, 0.717) is 0 Å². The number of sulfonamides is 1. The maximum atomic E-state index is 13.9. The molecule has 5 rings (SSSR count). The number of halogens is 3. The fourth-order valence-electron chi connectivity index (χ4n) is 6.18. The Morgan fingerprint density at radius 1 is 1.15 bits per heavy atom. The van der Waals surface area contributed by atoms with Crippen molar-refractivity contribution < 1.29 is 26.3 Å². The summed E-state index contributed by atoms with van der Waals surface area (Å²) in [5.41, 5.74) is -0.753. The SMILES string of the molecule is N#Cc1ccc(N2C[C@H]3[C@@H]4CC[C@@H](C4)[C@@]3(COCc3ccccc3)S2(=O)=O)cc1C(F)(F)F. The van der Waals surface area contributed by atoms with Gasteiger partial charge in [-0.3, -0.25) is 4.31 Å². The first-order chi connectivity index (χ1) is 15.7. The summed E-state index contributed by atoms with van der Waals surface area (Å²) in [6.45, 7) is 0.438. The van der Waals surface area contributed by atoms with Crippen molar-refractivity contribution in [3.05, 3.63) is 65.2 Å². The van der Waals surface area contributed by atoms with Crippen molar-refractivity contribution in [2.24, 2.45) is 17.8 Å². The van der Waals surface area contributed by atoms with Crippen LogP contribution in [0.2, 0.25) is 0 Å². The summed E-state index contributed by atoms with van der Waals surface area (Å²) in [6.07, 6.45) is -2.23. The van der Waals surface area contributed by atoms with Gasteiger partial charge in [-0.15, -0.1) is 0 Å². The van der Waals surface area contributed by atoms with E-state index in [2.05, 4.69) is 0 Å². The van der Waals surface area contributed by atoms with E-state index in [1.165, 1.54) is 6.07 Å². The van der Waals surface area contributed by atoms with Crippen LogP contribution in [0.5, 0.6) is 0 Å². The fraction of sp³-hybridized carbons (Fsp3) is 0.458. The lowest BCUT2D eigenvalue weighted by molar-refractivity contribution is -0.137. The fourth-order valence-corrected chi connectivity index (χ4v) is 8.86. The third kappa shape index (κ3) is 3.34. The van der Waals surface area contributed by atoms with E-state index in [1.54, 1.807) is 6.07 Å². The van der Waals surface area contributed by atoms with Crippen molar-refractivity contribution in [1.82, 2.24) is 0 Å². The molecule has 0 amide bonds. The van der Waals surface area contributed by atoms with Gasteiger partial charge < -0.3 is 4.74 Å². The summed E-state index contributed by atoms with van der Waals surface area (Å²) in [5.74, 6) is -0.0451. The Kier molecular flexibility index (Phi) is 5.22. The normalized spacial score (nSPS) is 29.8. The van der Waals surface area contributed by atoms with Gasteiger partial charge in [-0.1, -0.05) is 30.3 Å². The van der Waals surface area contributed by atoms with E-state index in [0.717, 1.165) is 41.3 Å². The van der Waals surface area contributed by atoms with E-state index in [-0.39, 0.29) is 43.2 Å². The summed E-state index contributed by atoms with van der Waals surface area (Å²) in [7, 11) is -3.99. The highest BCUT2D eigenvalue weighted by Gasteiger charge is 2.70. The number of fused-ring (bicyclic) bond motifs is 5. The molecule has 0 radical (unpaired) electrons. The van der Waals surface area contributed by atoms with Gasteiger partial charge in [0.25, 0.3) is 0 Å². The van der Waals surface area contributed by atoms with Crippen LogP contribution in [-0.4, -0.2) is 26.3 Å². The topological polar surface area (TPSA) is 70.4 Å². The molecule has 33 heavy (non-hydrogen) atoms. The molecule has 0 spiro atoms. The number of rotatable bonds is 5. The van der Waals surface area contributed by atoms with Gasteiger partial charge in [-0.25, -0.2) is 8.42 Å². The monoisotopic (exact) mass is 476 g/mol. The lowest BCUT2D eigenvalue weighted by Gasteiger charge is -2.36. The average Bonchev–Trinajstić information content (AvgIpc) is 3.44.